The number of nitrogen functional groups attached to an aromatic ring is 1. The number of rotatable bonds is 2. The lowest BCUT2D eigenvalue weighted by atomic mass is 10.1. The Morgan fingerprint density at radius 3 is 2.72 bits per heavy atom. The van der Waals surface area contributed by atoms with E-state index in [4.69, 9.17) is 10.2 Å². The highest BCUT2D eigenvalue weighted by Crippen LogP contribution is 2.39. The molecule has 90 valence electrons. The number of hydrogen-bond donors (Lipinski definition) is 1. The van der Waals surface area contributed by atoms with Gasteiger partial charge < -0.3 is 10.2 Å². The third kappa shape index (κ3) is 1.80. The molecule has 0 aliphatic heterocycles. The van der Waals surface area contributed by atoms with Gasteiger partial charge in [-0.15, -0.1) is 0 Å². The molecule has 0 aliphatic carbocycles. The number of anilines is 1. The van der Waals surface area contributed by atoms with Crippen LogP contribution < -0.4 is 5.73 Å². The normalized spacial score (nSPS) is 10.7. The molecular formula is C14H12N2OS. The maximum atomic E-state index is 5.84. The van der Waals surface area contributed by atoms with Gasteiger partial charge in [-0.25, -0.2) is 4.98 Å². The minimum Gasteiger partial charge on any atom is -0.463 e. The SMILES string of the molecule is Cc1ccccc1-c1sc(N)nc1-c1ccco1. The molecule has 4 heteroatoms. The highest BCUT2D eigenvalue weighted by molar-refractivity contribution is 7.19. The van der Waals surface area contributed by atoms with Crippen molar-refractivity contribution < 1.29 is 4.42 Å². The second-order valence-electron chi connectivity index (χ2n) is 4.02. The first kappa shape index (κ1) is 11.0. The number of aromatic nitrogens is 1. The maximum absolute atomic E-state index is 5.84. The van der Waals surface area contributed by atoms with E-state index in [1.165, 1.54) is 16.9 Å². The summed E-state index contributed by atoms with van der Waals surface area (Å²) in [6, 6.07) is 12.0. The van der Waals surface area contributed by atoms with Gasteiger partial charge >= 0.3 is 0 Å². The van der Waals surface area contributed by atoms with E-state index in [1.807, 2.05) is 24.3 Å². The molecular weight excluding hydrogens is 244 g/mol. The Hall–Kier alpha value is -2.07. The third-order valence-corrected chi connectivity index (χ3v) is 3.71. The fraction of sp³-hybridized carbons (Fsp3) is 0.0714. The number of benzene rings is 1. The Kier molecular flexibility index (Phi) is 2.64. The van der Waals surface area contributed by atoms with Gasteiger partial charge in [-0.3, -0.25) is 0 Å². The molecule has 0 fully saturated rings. The number of hydrogen-bond acceptors (Lipinski definition) is 4. The summed E-state index contributed by atoms with van der Waals surface area (Å²) >= 11 is 1.49. The summed E-state index contributed by atoms with van der Waals surface area (Å²) in [6.45, 7) is 2.08. The Labute approximate surface area is 109 Å². The largest absolute Gasteiger partial charge is 0.463 e. The van der Waals surface area contributed by atoms with Gasteiger partial charge in [0, 0.05) is 0 Å². The minimum absolute atomic E-state index is 0.555. The van der Waals surface area contributed by atoms with Crippen LogP contribution in [0.3, 0.4) is 0 Å². The molecule has 0 radical (unpaired) electrons. The molecule has 0 spiro atoms. The van der Waals surface area contributed by atoms with E-state index in [2.05, 4.69) is 24.0 Å². The lowest BCUT2D eigenvalue weighted by molar-refractivity contribution is 0.581. The van der Waals surface area contributed by atoms with Crippen molar-refractivity contribution in [1.82, 2.24) is 4.98 Å². The Morgan fingerprint density at radius 1 is 1.17 bits per heavy atom. The fourth-order valence-corrected chi connectivity index (χ4v) is 2.86. The van der Waals surface area contributed by atoms with E-state index < -0.39 is 0 Å². The zero-order valence-electron chi connectivity index (χ0n) is 9.88. The number of nitrogens with zero attached hydrogens (tertiary/aromatic N) is 1. The molecule has 0 saturated heterocycles. The van der Waals surface area contributed by atoms with Crippen molar-refractivity contribution in [2.24, 2.45) is 0 Å². The van der Waals surface area contributed by atoms with Gasteiger partial charge in [0.25, 0.3) is 0 Å². The monoisotopic (exact) mass is 256 g/mol. The van der Waals surface area contributed by atoms with Crippen LogP contribution in [0.2, 0.25) is 0 Å². The summed E-state index contributed by atoms with van der Waals surface area (Å²) in [6.07, 6.45) is 1.65. The van der Waals surface area contributed by atoms with E-state index in [-0.39, 0.29) is 0 Å². The van der Waals surface area contributed by atoms with Crippen LogP contribution in [-0.4, -0.2) is 4.98 Å². The van der Waals surface area contributed by atoms with Crippen LogP contribution in [0.4, 0.5) is 5.13 Å². The fourth-order valence-electron chi connectivity index (χ4n) is 1.93. The molecule has 2 aromatic heterocycles. The van der Waals surface area contributed by atoms with Crippen molar-refractivity contribution in [2.45, 2.75) is 6.92 Å². The van der Waals surface area contributed by atoms with Gasteiger partial charge in [-0.1, -0.05) is 35.6 Å². The van der Waals surface area contributed by atoms with Crippen molar-refractivity contribution in [1.29, 1.82) is 0 Å². The average Bonchev–Trinajstić information content (AvgIpc) is 2.98. The van der Waals surface area contributed by atoms with Crippen LogP contribution in [0.5, 0.6) is 0 Å². The van der Waals surface area contributed by atoms with Gasteiger partial charge in [0.1, 0.15) is 5.69 Å². The van der Waals surface area contributed by atoms with Gasteiger partial charge in [0.15, 0.2) is 10.9 Å². The van der Waals surface area contributed by atoms with Crippen molar-refractivity contribution in [3.8, 4) is 21.9 Å². The van der Waals surface area contributed by atoms with Crippen LogP contribution in [0.25, 0.3) is 21.9 Å². The number of thiazole rings is 1. The number of furan rings is 1. The van der Waals surface area contributed by atoms with E-state index in [9.17, 15) is 0 Å². The van der Waals surface area contributed by atoms with Crippen molar-refractivity contribution in [3.63, 3.8) is 0 Å². The number of nitrogens with two attached hydrogens (primary N) is 1. The summed E-state index contributed by atoms with van der Waals surface area (Å²) in [5.41, 5.74) is 9.01. The van der Waals surface area contributed by atoms with E-state index >= 15 is 0 Å². The summed E-state index contributed by atoms with van der Waals surface area (Å²) in [5.74, 6) is 0.751. The van der Waals surface area contributed by atoms with E-state index in [0.29, 0.717) is 5.13 Å². The van der Waals surface area contributed by atoms with Crippen molar-refractivity contribution >= 4 is 16.5 Å². The molecule has 0 saturated carbocycles. The first-order chi connectivity index (χ1) is 8.75. The zero-order valence-corrected chi connectivity index (χ0v) is 10.7. The summed E-state index contributed by atoms with van der Waals surface area (Å²) in [4.78, 5) is 5.43. The molecule has 3 rings (SSSR count). The van der Waals surface area contributed by atoms with Gasteiger partial charge in [0.05, 0.1) is 11.1 Å². The van der Waals surface area contributed by atoms with Crippen LogP contribution >= 0.6 is 11.3 Å². The molecule has 2 heterocycles. The molecule has 0 aliphatic rings. The summed E-state index contributed by atoms with van der Waals surface area (Å²) in [7, 11) is 0. The third-order valence-electron chi connectivity index (χ3n) is 2.79. The zero-order chi connectivity index (χ0) is 12.5. The highest BCUT2D eigenvalue weighted by atomic mass is 32.1. The van der Waals surface area contributed by atoms with Crippen LogP contribution in [0.15, 0.2) is 47.1 Å². The maximum Gasteiger partial charge on any atom is 0.181 e. The molecule has 0 unspecified atom stereocenters. The second-order valence-corrected chi connectivity index (χ2v) is 5.05. The quantitative estimate of drug-likeness (QED) is 0.755. The highest BCUT2D eigenvalue weighted by Gasteiger charge is 2.16. The Bertz CT molecular complexity index is 671. The molecule has 18 heavy (non-hydrogen) atoms. The minimum atomic E-state index is 0.555. The van der Waals surface area contributed by atoms with Gasteiger partial charge in [-0.05, 0) is 30.2 Å². The lowest BCUT2D eigenvalue weighted by Crippen LogP contribution is -1.84. The van der Waals surface area contributed by atoms with Crippen molar-refractivity contribution in [2.75, 3.05) is 5.73 Å². The molecule has 0 atom stereocenters. The van der Waals surface area contributed by atoms with Crippen LogP contribution in [0, 0.1) is 6.92 Å². The van der Waals surface area contributed by atoms with E-state index in [0.717, 1.165) is 21.9 Å². The lowest BCUT2D eigenvalue weighted by Gasteiger charge is -2.03. The molecule has 0 bridgehead atoms. The predicted molar refractivity (Wildman–Crippen MR) is 74.4 cm³/mol. The average molecular weight is 256 g/mol. The summed E-state index contributed by atoms with van der Waals surface area (Å²) in [5, 5.41) is 0.555. The molecule has 3 nitrogen and oxygen atoms in total. The first-order valence-corrected chi connectivity index (χ1v) is 6.43. The van der Waals surface area contributed by atoms with Crippen molar-refractivity contribution in [3.05, 3.63) is 48.2 Å². The Balaban J connectivity index is 2.22. The second kappa shape index (κ2) is 4.31. The standard InChI is InChI=1S/C14H12N2OS/c1-9-5-2-3-6-10(9)13-12(16-14(15)18-13)11-7-4-8-17-11/h2-8H,1H3,(H2,15,16). The molecule has 2 N–H and O–H groups in total. The topological polar surface area (TPSA) is 52.0 Å². The molecule has 1 aromatic carbocycles. The smallest absolute Gasteiger partial charge is 0.181 e. The molecule has 3 aromatic rings. The van der Waals surface area contributed by atoms with Crippen LogP contribution in [-0.2, 0) is 0 Å². The van der Waals surface area contributed by atoms with Crippen LogP contribution in [0.1, 0.15) is 5.56 Å². The Morgan fingerprint density at radius 2 is 2.00 bits per heavy atom. The van der Waals surface area contributed by atoms with Gasteiger partial charge in [-0.2, -0.15) is 0 Å². The predicted octanol–water partition coefficient (Wildman–Crippen LogP) is 3.96. The molecule has 0 amide bonds. The number of aryl methyl sites for hydroxylation is 1. The van der Waals surface area contributed by atoms with Gasteiger partial charge in [0.2, 0.25) is 0 Å². The van der Waals surface area contributed by atoms with E-state index in [1.54, 1.807) is 6.26 Å². The first-order valence-electron chi connectivity index (χ1n) is 5.62. The summed E-state index contributed by atoms with van der Waals surface area (Å²) < 4.78 is 5.42.